The number of nitrogens with two attached hydrogens (primary N) is 1. The van der Waals surface area contributed by atoms with Gasteiger partial charge in [0.05, 0.1) is 12.1 Å². The van der Waals surface area contributed by atoms with Gasteiger partial charge in [-0.15, -0.1) is 0 Å². The topological polar surface area (TPSA) is 113 Å². The van der Waals surface area contributed by atoms with E-state index in [1.807, 2.05) is 0 Å². The summed E-state index contributed by atoms with van der Waals surface area (Å²) in [6.07, 6.45) is 2.34. The number of aromatic hydroxyl groups is 2. The molecule has 24 heavy (non-hydrogen) atoms. The molecule has 0 aliphatic rings. The first-order valence-corrected chi connectivity index (χ1v) is 7.47. The fraction of sp³-hybridized carbons (Fsp3) is 0.222. The van der Waals surface area contributed by atoms with Crippen LogP contribution in [-0.4, -0.2) is 34.5 Å². The molecule has 5 N–H and O–H groups in total. The average Bonchev–Trinajstić information content (AvgIpc) is 2.58. The third-order valence-corrected chi connectivity index (χ3v) is 3.56. The maximum Gasteiger partial charge on any atom is 0.237 e. The summed E-state index contributed by atoms with van der Waals surface area (Å²) in [7, 11) is 0. The van der Waals surface area contributed by atoms with E-state index in [1.54, 1.807) is 30.6 Å². The van der Waals surface area contributed by atoms with Crippen molar-refractivity contribution in [1.82, 2.24) is 5.32 Å². The first kappa shape index (κ1) is 17.5. The van der Waals surface area contributed by atoms with Crippen LogP contribution in [0.25, 0.3) is 0 Å². The van der Waals surface area contributed by atoms with Gasteiger partial charge in [-0.05, 0) is 41.8 Å². The van der Waals surface area contributed by atoms with E-state index in [9.17, 15) is 19.8 Å². The minimum absolute atomic E-state index is 0.130. The molecule has 0 saturated carbocycles. The van der Waals surface area contributed by atoms with E-state index in [2.05, 4.69) is 5.32 Å². The van der Waals surface area contributed by atoms with E-state index in [1.165, 1.54) is 24.3 Å². The second-order valence-corrected chi connectivity index (χ2v) is 5.53. The Balaban J connectivity index is 1.91. The molecule has 0 aromatic heterocycles. The molecule has 2 aromatic carbocycles. The largest absolute Gasteiger partial charge is 0.508 e. The molecule has 0 saturated heterocycles. The van der Waals surface area contributed by atoms with Crippen LogP contribution in [0.1, 0.15) is 11.1 Å². The molecule has 0 heterocycles. The summed E-state index contributed by atoms with van der Waals surface area (Å²) >= 11 is 0. The van der Waals surface area contributed by atoms with Crippen molar-refractivity contribution in [3.05, 3.63) is 59.7 Å². The number of benzene rings is 2. The molecule has 1 amide bonds. The number of hydrogen-bond acceptors (Lipinski definition) is 5. The van der Waals surface area contributed by atoms with Crippen LogP contribution in [0.5, 0.6) is 11.5 Å². The maximum atomic E-state index is 12.1. The van der Waals surface area contributed by atoms with Crippen LogP contribution in [0.2, 0.25) is 0 Å². The summed E-state index contributed by atoms with van der Waals surface area (Å²) < 4.78 is 0. The molecule has 125 valence electrons. The highest BCUT2D eigenvalue weighted by atomic mass is 16.3. The molecular weight excluding hydrogens is 308 g/mol. The minimum Gasteiger partial charge on any atom is -0.508 e. The van der Waals surface area contributed by atoms with Crippen LogP contribution in [-0.2, 0) is 22.4 Å². The molecule has 2 atom stereocenters. The summed E-state index contributed by atoms with van der Waals surface area (Å²) in [4.78, 5) is 23.2. The molecule has 2 rings (SSSR count). The summed E-state index contributed by atoms with van der Waals surface area (Å²) in [5.41, 5.74) is 7.46. The number of rotatable bonds is 7. The third kappa shape index (κ3) is 5.10. The molecular formula is C18H19N2O4. The maximum absolute atomic E-state index is 12.1. The van der Waals surface area contributed by atoms with Crippen LogP contribution in [0, 0.1) is 0 Å². The Hall–Kier alpha value is -2.86. The zero-order valence-electron chi connectivity index (χ0n) is 13.0. The molecule has 0 spiro atoms. The van der Waals surface area contributed by atoms with Gasteiger partial charge >= 0.3 is 0 Å². The number of nitrogens with one attached hydrogen (secondary N) is 1. The molecule has 0 unspecified atom stereocenters. The molecule has 1 radical (unpaired) electrons. The highest BCUT2D eigenvalue weighted by Gasteiger charge is 2.19. The van der Waals surface area contributed by atoms with E-state index >= 15 is 0 Å². The Morgan fingerprint density at radius 1 is 0.958 bits per heavy atom. The summed E-state index contributed by atoms with van der Waals surface area (Å²) in [5, 5.41) is 21.0. The van der Waals surface area contributed by atoms with E-state index in [0.29, 0.717) is 0 Å². The fourth-order valence-electron chi connectivity index (χ4n) is 2.25. The molecule has 0 aliphatic heterocycles. The Morgan fingerprint density at radius 2 is 1.42 bits per heavy atom. The SMILES string of the molecule is N[C@@H](Cc1ccc(O)cc1)C(=O)N[C@H]([C]=O)Cc1ccc(O)cc1. The van der Waals surface area contributed by atoms with Crippen LogP contribution >= 0.6 is 0 Å². The van der Waals surface area contributed by atoms with Crippen molar-refractivity contribution < 1.29 is 19.8 Å². The highest BCUT2D eigenvalue weighted by Crippen LogP contribution is 2.12. The summed E-state index contributed by atoms with van der Waals surface area (Å²) in [6.45, 7) is 0. The summed E-state index contributed by atoms with van der Waals surface area (Å²) in [5.74, 6) is -0.179. The van der Waals surface area contributed by atoms with Crippen molar-refractivity contribution in [2.75, 3.05) is 0 Å². The third-order valence-electron chi connectivity index (χ3n) is 3.56. The lowest BCUT2D eigenvalue weighted by Crippen LogP contribution is -2.47. The number of carbonyl (C=O) groups is 1. The predicted molar refractivity (Wildman–Crippen MR) is 89.2 cm³/mol. The van der Waals surface area contributed by atoms with E-state index in [0.717, 1.165) is 11.1 Å². The number of amides is 1. The van der Waals surface area contributed by atoms with Crippen molar-refractivity contribution in [3.63, 3.8) is 0 Å². The van der Waals surface area contributed by atoms with Crippen molar-refractivity contribution in [1.29, 1.82) is 0 Å². The highest BCUT2D eigenvalue weighted by molar-refractivity contribution is 5.84. The zero-order valence-corrected chi connectivity index (χ0v) is 13.0. The van der Waals surface area contributed by atoms with E-state index in [-0.39, 0.29) is 24.3 Å². The van der Waals surface area contributed by atoms with Crippen molar-refractivity contribution >= 4 is 12.2 Å². The predicted octanol–water partition coefficient (Wildman–Crippen LogP) is 0.805. The van der Waals surface area contributed by atoms with Crippen molar-refractivity contribution in [2.24, 2.45) is 5.73 Å². The van der Waals surface area contributed by atoms with E-state index in [4.69, 9.17) is 5.73 Å². The Labute approximate surface area is 139 Å². The fourth-order valence-corrected chi connectivity index (χ4v) is 2.25. The van der Waals surface area contributed by atoms with Gasteiger partial charge < -0.3 is 21.3 Å². The first-order chi connectivity index (χ1) is 11.5. The minimum atomic E-state index is -0.815. The van der Waals surface area contributed by atoms with Crippen LogP contribution in [0.15, 0.2) is 48.5 Å². The summed E-state index contributed by atoms with van der Waals surface area (Å²) in [6, 6.07) is 11.1. The lowest BCUT2D eigenvalue weighted by atomic mass is 10.0. The van der Waals surface area contributed by atoms with Gasteiger partial charge in [0.15, 0.2) is 0 Å². The van der Waals surface area contributed by atoms with E-state index < -0.39 is 18.0 Å². The van der Waals surface area contributed by atoms with Gasteiger partial charge in [0.1, 0.15) is 11.5 Å². The molecule has 0 fully saturated rings. The second kappa shape index (κ2) is 8.12. The molecule has 6 heteroatoms. The quantitative estimate of drug-likeness (QED) is 0.601. The number of hydrogen-bond donors (Lipinski definition) is 4. The second-order valence-electron chi connectivity index (χ2n) is 5.53. The van der Waals surface area contributed by atoms with Gasteiger partial charge in [-0.25, -0.2) is 0 Å². The van der Waals surface area contributed by atoms with Crippen LogP contribution < -0.4 is 11.1 Å². The lowest BCUT2D eigenvalue weighted by Gasteiger charge is -2.16. The number of phenolic OH excluding ortho intramolecular Hbond substituents is 2. The van der Waals surface area contributed by atoms with Gasteiger partial charge in [-0.1, -0.05) is 24.3 Å². The first-order valence-electron chi connectivity index (χ1n) is 7.47. The number of carbonyl (C=O) groups excluding carboxylic acids is 2. The Bertz CT molecular complexity index is 683. The standard InChI is InChI=1S/C18H19N2O4/c19-17(10-13-3-7-16(23)8-4-13)18(24)20-14(11-21)9-12-1-5-15(22)6-2-12/h1-8,14,17,22-23H,9-10,19H2,(H,20,24)/t14-,17-/m0/s1. The van der Waals surface area contributed by atoms with Crippen LogP contribution in [0.4, 0.5) is 0 Å². The van der Waals surface area contributed by atoms with Gasteiger partial charge in [0, 0.05) is 6.42 Å². The zero-order chi connectivity index (χ0) is 17.5. The molecule has 2 aromatic rings. The number of phenols is 2. The Morgan fingerprint density at radius 3 is 1.88 bits per heavy atom. The Kier molecular flexibility index (Phi) is 5.92. The van der Waals surface area contributed by atoms with Gasteiger partial charge in [0.25, 0.3) is 0 Å². The average molecular weight is 327 g/mol. The smallest absolute Gasteiger partial charge is 0.237 e. The van der Waals surface area contributed by atoms with Gasteiger partial charge in [-0.2, -0.15) is 0 Å². The lowest BCUT2D eigenvalue weighted by molar-refractivity contribution is -0.122. The van der Waals surface area contributed by atoms with Gasteiger partial charge in [-0.3, -0.25) is 9.59 Å². The van der Waals surface area contributed by atoms with Crippen molar-refractivity contribution in [3.8, 4) is 11.5 Å². The monoisotopic (exact) mass is 327 g/mol. The van der Waals surface area contributed by atoms with Crippen LogP contribution in [0.3, 0.4) is 0 Å². The van der Waals surface area contributed by atoms with Crippen molar-refractivity contribution in [2.45, 2.75) is 24.9 Å². The molecule has 6 nitrogen and oxygen atoms in total. The normalized spacial score (nSPS) is 13.0. The van der Waals surface area contributed by atoms with Gasteiger partial charge in [0.2, 0.25) is 12.2 Å². The molecule has 0 aliphatic carbocycles. The molecule has 0 bridgehead atoms.